The number of aromatic nitrogens is 3. The molecule has 2 aromatic heterocycles. The molecular weight excluding hydrogens is 430 g/mol. The van der Waals surface area contributed by atoms with E-state index < -0.39 is 10.0 Å². The van der Waals surface area contributed by atoms with Gasteiger partial charge in [0.25, 0.3) is 0 Å². The SMILES string of the molecule is CC(C)(C)c1ccc(S(=O)(=O)N2CCN(Cc3csc(-c4ncccn4)n3)CC2)cc1. The highest BCUT2D eigenvalue weighted by Gasteiger charge is 2.29. The average molecular weight is 458 g/mol. The lowest BCUT2D eigenvalue weighted by atomic mass is 9.87. The number of benzene rings is 1. The molecule has 0 saturated carbocycles. The minimum Gasteiger partial charge on any atom is -0.295 e. The number of hydrogen-bond acceptors (Lipinski definition) is 7. The molecular formula is C22H27N5O2S2. The lowest BCUT2D eigenvalue weighted by Gasteiger charge is -2.33. The highest BCUT2D eigenvalue weighted by Crippen LogP contribution is 2.25. The number of hydrogen-bond donors (Lipinski definition) is 0. The summed E-state index contributed by atoms with van der Waals surface area (Å²) in [5, 5.41) is 2.82. The molecule has 1 fully saturated rings. The van der Waals surface area contributed by atoms with Crippen molar-refractivity contribution >= 4 is 21.4 Å². The van der Waals surface area contributed by atoms with Gasteiger partial charge in [0.05, 0.1) is 10.6 Å². The zero-order valence-corrected chi connectivity index (χ0v) is 19.7. The predicted molar refractivity (Wildman–Crippen MR) is 122 cm³/mol. The second kappa shape index (κ2) is 8.74. The van der Waals surface area contributed by atoms with Crippen molar-refractivity contribution in [1.82, 2.24) is 24.2 Å². The van der Waals surface area contributed by atoms with E-state index in [2.05, 4.69) is 40.6 Å². The maximum Gasteiger partial charge on any atom is 0.243 e. The van der Waals surface area contributed by atoms with Gasteiger partial charge in [-0.25, -0.2) is 23.4 Å². The Morgan fingerprint density at radius 1 is 1.00 bits per heavy atom. The van der Waals surface area contributed by atoms with Crippen molar-refractivity contribution in [2.75, 3.05) is 26.2 Å². The molecule has 0 atom stereocenters. The van der Waals surface area contributed by atoms with Crippen LogP contribution in [0.5, 0.6) is 0 Å². The monoisotopic (exact) mass is 457 g/mol. The van der Waals surface area contributed by atoms with Crippen molar-refractivity contribution in [3.63, 3.8) is 0 Å². The van der Waals surface area contributed by atoms with Crippen molar-refractivity contribution in [3.05, 3.63) is 59.4 Å². The molecule has 9 heteroatoms. The van der Waals surface area contributed by atoms with Crippen molar-refractivity contribution in [2.45, 2.75) is 37.6 Å². The van der Waals surface area contributed by atoms with Crippen LogP contribution in [-0.4, -0.2) is 58.8 Å². The van der Waals surface area contributed by atoms with Crippen LogP contribution in [0.3, 0.4) is 0 Å². The molecule has 0 aliphatic carbocycles. The van der Waals surface area contributed by atoms with Crippen LogP contribution >= 0.6 is 11.3 Å². The fourth-order valence-corrected chi connectivity index (χ4v) is 5.70. The molecule has 4 rings (SSSR count). The molecule has 0 N–H and O–H groups in total. The van der Waals surface area contributed by atoms with E-state index in [1.807, 2.05) is 17.5 Å². The van der Waals surface area contributed by atoms with E-state index in [0.29, 0.717) is 43.4 Å². The van der Waals surface area contributed by atoms with Crippen molar-refractivity contribution in [3.8, 4) is 10.8 Å². The maximum atomic E-state index is 13.1. The Balaban J connectivity index is 1.37. The van der Waals surface area contributed by atoms with Gasteiger partial charge < -0.3 is 0 Å². The first-order chi connectivity index (χ1) is 14.7. The summed E-state index contributed by atoms with van der Waals surface area (Å²) in [4.78, 5) is 15.7. The van der Waals surface area contributed by atoms with Crippen molar-refractivity contribution in [1.29, 1.82) is 0 Å². The summed E-state index contributed by atoms with van der Waals surface area (Å²) in [7, 11) is -3.48. The molecule has 1 aliphatic heterocycles. The minimum absolute atomic E-state index is 0.00386. The molecule has 1 aromatic carbocycles. The number of piperazine rings is 1. The third-order valence-electron chi connectivity index (χ3n) is 5.38. The maximum absolute atomic E-state index is 13.1. The van der Waals surface area contributed by atoms with Crippen LogP contribution in [0.1, 0.15) is 32.0 Å². The predicted octanol–water partition coefficient (Wildman–Crippen LogP) is 3.40. The number of rotatable bonds is 5. The lowest BCUT2D eigenvalue weighted by molar-refractivity contribution is 0.180. The molecule has 3 heterocycles. The first-order valence-electron chi connectivity index (χ1n) is 10.3. The van der Waals surface area contributed by atoms with Crippen LogP contribution < -0.4 is 0 Å². The zero-order valence-electron chi connectivity index (χ0n) is 18.0. The molecule has 31 heavy (non-hydrogen) atoms. The first-order valence-corrected chi connectivity index (χ1v) is 12.6. The molecule has 0 unspecified atom stereocenters. The van der Waals surface area contributed by atoms with Gasteiger partial charge in [-0.05, 0) is 29.2 Å². The van der Waals surface area contributed by atoms with Crippen LogP contribution in [0.25, 0.3) is 10.8 Å². The van der Waals surface area contributed by atoms with E-state index in [1.165, 1.54) is 11.3 Å². The van der Waals surface area contributed by atoms with Crippen molar-refractivity contribution in [2.24, 2.45) is 0 Å². The van der Waals surface area contributed by atoms with Gasteiger partial charge in [0.2, 0.25) is 10.0 Å². The smallest absolute Gasteiger partial charge is 0.243 e. The van der Waals surface area contributed by atoms with Gasteiger partial charge in [0.15, 0.2) is 10.8 Å². The topological polar surface area (TPSA) is 79.3 Å². The summed E-state index contributed by atoms with van der Waals surface area (Å²) >= 11 is 1.53. The molecule has 164 valence electrons. The van der Waals surface area contributed by atoms with Gasteiger partial charge >= 0.3 is 0 Å². The zero-order chi connectivity index (χ0) is 22.1. The summed E-state index contributed by atoms with van der Waals surface area (Å²) in [5.74, 6) is 0.632. The summed E-state index contributed by atoms with van der Waals surface area (Å²) in [6.45, 7) is 9.35. The fourth-order valence-electron chi connectivity index (χ4n) is 3.52. The van der Waals surface area contributed by atoms with Crippen LogP contribution in [0.4, 0.5) is 0 Å². The fraction of sp³-hybridized carbons (Fsp3) is 0.409. The Hall–Kier alpha value is -2.20. The van der Waals surface area contributed by atoms with Gasteiger partial charge in [-0.3, -0.25) is 4.90 Å². The largest absolute Gasteiger partial charge is 0.295 e. The molecule has 0 radical (unpaired) electrons. The Morgan fingerprint density at radius 2 is 1.65 bits per heavy atom. The van der Waals surface area contributed by atoms with E-state index >= 15 is 0 Å². The third-order valence-corrected chi connectivity index (χ3v) is 8.18. The molecule has 0 bridgehead atoms. The summed E-state index contributed by atoms with van der Waals surface area (Å²) in [6.07, 6.45) is 3.42. The van der Waals surface area contributed by atoms with Crippen LogP contribution in [0, 0.1) is 0 Å². The Labute approximate surface area is 187 Å². The standard InChI is InChI=1S/C22H27N5O2S2/c1-22(2,3)17-5-7-19(8-6-17)31(28,29)27-13-11-26(12-14-27)15-18-16-30-21(25-18)20-23-9-4-10-24-20/h4-10,16H,11-15H2,1-3H3. The Morgan fingerprint density at radius 3 is 2.26 bits per heavy atom. The summed E-state index contributed by atoms with van der Waals surface area (Å²) in [6, 6.07) is 9.07. The third kappa shape index (κ3) is 5.01. The summed E-state index contributed by atoms with van der Waals surface area (Å²) in [5.41, 5.74) is 2.08. The Bertz CT molecular complexity index is 1110. The molecule has 0 amide bonds. The van der Waals surface area contributed by atoms with Gasteiger partial charge in [-0.15, -0.1) is 11.3 Å². The van der Waals surface area contributed by atoms with Crippen LogP contribution in [-0.2, 0) is 22.0 Å². The highest BCUT2D eigenvalue weighted by atomic mass is 32.2. The van der Waals surface area contributed by atoms with E-state index in [0.717, 1.165) is 16.3 Å². The average Bonchev–Trinajstić information content (AvgIpc) is 3.23. The molecule has 0 spiro atoms. The van der Waals surface area contributed by atoms with E-state index in [9.17, 15) is 8.42 Å². The highest BCUT2D eigenvalue weighted by molar-refractivity contribution is 7.89. The lowest BCUT2D eigenvalue weighted by Crippen LogP contribution is -2.48. The minimum atomic E-state index is -3.48. The summed E-state index contributed by atoms with van der Waals surface area (Å²) < 4.78 is 27.7. The van der Waals surface area contributed by atoms with Crippen LogP contribution in [0.15, 0.2) is 53.0 Å². The molecule has 3 aromatic rings. The second-order valence-corrected chi connectivity index (χ2v) is 11.5. The van der Waals surface area contributed by atoms with Gasteiger partial charge in [-0.1, -0.05) is 32.9 Å². The van der Waals surface area contributed by atoms with E-state index in [1.54, 1.807) is 34.9 Å². The number of sulfonamides is 1. The van der Waals surface area contributed by atoms with Crippen LogP contribution in [0.2, 0.25) is 0 Å². The van der Waals surface area contributed by atoms with Gasteiger partial charge in [0, 0.05) is 50.5 Å². The molecule has 1 aliphatic rings. The van der Waals surface area contributed by atoms with Gasteiger partial charge in [0.1, 0.15) is 0 Å². The van der Waals surface area contributed by atoms with Crippen molar-refractivity contribution < 1.29 is 8.42 Å². The normalized spacial score (nSPS) is 16.5. The first kappa shape index (κ1) is 22.0. The van der Waals surface area contributed by atoms with Gasteiger partial charge in [-0.2, -0.15) is 4.31 Å². The molecule has 1 saturated heterocycles. The van der Waals surface area contributed by atoms with E-state index in [4.69, 9.17) is 0 Å². The second-order valence-electron chi connectivity index (χ2n) is 8.67. The number of nitrogens with zero attached hydrogens (tertiary/aromatic N) is 5. The number of thiazole rings is 1. The van der Waals surface area contributed by atoms with E-state index in [-0.39, 0.29) is 5.41 Å². The Kier molecular flexibility index (Phi) is 6.20. The molecule has 7 nitrogen and oxygen atoms in total. The quantitative estimate of drug-likeness (QED) is 0.584.